The topological polar surface area (TPSA) is 56.2 Å². The Morgan fingerprint density at radius 2 is 2.00 bits per heavy atom. The van der Waals surface area contributed by atoms with Crippen LogP contribution in [0.4, 0.5) is 0 Å². The molecule has 4 nitrogen and oxygen atoms in total. The summed E-state index contributed by atoms with van der Waals surface area (Å²) in [7, 11) is 0. The fourth-order valence-corrected chi connectivity index (χ4v) is 2.54. The summed E-state index contributed by atoms with van der Waals surface area (Å²) in [5.41, 5.74) is 9.47. The first-order chi connectivity index (χ1) is 9.29. The first kappa shape index (κ1) is 12.3. The minimum Gasteiger partial charge on any atom is -0.330 e. The summed E-state index contributed by atoms with van der Waals surface area (Å²) >= 11 is 3.55. The molecule has 0 saturated carbocycles. The highest BCUT2D eigenvalue weighted by Crippen LogP contribution is 2.26. The van der Waals surface area contributed by atoms with Gasteiger partial charge in [-0.15, -0.1) is 0 Å². The van der Waals surface area contributed by atoms with E-state index in [9.17, 15) is 0 Å². The smallest absolute Gasteiger partial charge is 0.153 e. The average Bonchev–Trinajstić information content (AvgIpc) is 2.82. The largest absolute Gasteiger partial charge is 0.330 e. The Labute approximate surface area is 119 Å². The van der Waals surface area contributed by atoms with Crippen LogP contribution in [-0.2, 0) is 6.42 Å². The van der Waals surface area contributed by atoms with Crippen LogP contribution in [0.2, 0.25) is 0 Å². The number of imidazole rings is 1. The van der Waals surface area contributed by atoms with Crippen LogP contribution in [0.1, 0.15) is 5.69 Å². The molecule has 0 aliphatic carbocycles. The van der Waals surface area contributed by atoms with Gasteiger partial charge in [-0.1, -0.05) is 34.1 Å². The van der Waals surface area contributed by atoms with E-state index >= 15 is 0 Å². The van der Waals surface area contributed by atoms with Crippen LogP contribution in [0.15, 0.2) is 47.1 Å². The number of benzene rings is 1. The van der Waals surface area contributed by atoms with Gasteiger partial charge in [0.2, 0.25) is 0 Å². The van der Waals surface area contributed by atoms with Gasteiger partial charge in [-0.3, -0.25) is 0 Å². The molecule has 0 spiro atoms. The third-order valence-corrected chi connectivity index (χ3v) is 3.67. The second-order valence-electron chi connectivity index (χ2n) is 4.26. The van der Waals surface area contributed by atoms with Crippen molar-refractivity contribution in [1.82, 2.24) is 14.6 Å². The number of halogens is 1. The minimum atomic E-state index is 0.592. The molecular weight excluding hydrogens is 304 g/mol. The molecule has 0 aliphatic rings. The lowest BCUT2D eigenvalue weighted by molar-refractivity contribution is 0.830. The van der Waals surface area contributed by atoms with Crippen LogP contribution in [0, 0.1) is 0 Å². The lowest BCUT2D eigenvalue weighted by Crippen LogP contribution is -2.07. The Bertz CT molecular complexity index is 720. The Morgan fingerprint density at radius 1 is 1.16 bits per heavy atom. The first-order valence-corrected chi connectivity index (χ1v) is 6.87. The van der Waals surface area contributed by atoms with Crippen LogP contribution in [0.5, 0.6) is 0 Å². The normalized spacial score (nSPS) is 11.1. The summed E-state index contributed by atoms with van der Waals surface area (Å²) in [5, 5.41) is 4.65. The van der Waals surface area contributed by atoms with Gasteiger partial charge in [0.1, 0.15) is 0 Å². The number of hydrogen-bond acceptors (Lipinski definition) is 3. The predicted molar refractivity (Wildman–Crippen MR) is 78.9 cm³/mol. The molecule has 5 heteroatoms. The van der Waals surface area contributed by atoms with Crippen molar-refractivity contribution in [3.63, 3.8) is 0 Å². The van der Waals surface area contributed by atoms with Crippen LogP contribution >= 0.6 is 15.9 Å². The van der Waals surface area contributed by atoms with E-state index in [1.54, 1.807) is 0 Å². The molecule has 96 valence electrons. The minimum absolute atomic E-state index is 0.592. The molecule has 0 bridgehead atoms. The summed E-state index contributed by atoms with van der Waals surface area (Å²) < 4.78 is 2.89. The van der Waals surface area contributed by atoms with Gasteiger partial charge in [-0.05, 0) is 24.7 Å². The van der Waals surface area contributed by atoms with Gasteiger partial charge in [0, 0.05) is 16.5 Å². The highest BCUT2D eigenvalue weighted by Gasteiger charge is 2.08. The third kappa shape index (κ3) is 2.27. The van der Waals surface area contributed by atoms with Crippen LogP contribution < -0.4 is 5.73 Å². The van der Waals surface area contributed by atoms with E-state index in [1.165, 1.54) is 0 Å². The van der Waals surface area contributed by atoms with Crippen molar-refractivity contribution in [2.45, 2.75) is 6.42 Å². The van der Waals surface area contributed by atoms with Crippen LogP contribution in [0.3, 0.4) is 0 Å². The van der Waals surface area contributed by atoms with E-state index in [-0.39, 0.29) is 0 Å². The van der Waals surface area contributed by atoms with Gasteiger partial charge >= 0.3 is 0 Å². The predicted octanol–water partition coefficient (Wildman–Crippen LogP) is 2.66. The van der Waals surface area contributed by atoms with Crippen molar-refractivity contribution < 1.29 is 0 Å². The number of aromatic nitrogens is 3. The standard InChI is InChI=1S/C14H13BrN4/c15-12-4-2-1-3-11(12)13-5-6-14-17-9-10(7-8-16)19(14)18-13/h1-6,9H,7-8,16H2. The quantitative estimate of drug-likeness (QED) is 0.808. The monoisotopic (exact) mass is 316 g/mol. The number of rotatable bonds is 3. The maximum atomic E-state index is 5.61. The zero-order valence-electron chi connectivity index (χ0n) is 10.3. The molecule has 0 atom stereocenters. The Hall–Kier alpha value is -1.72. The molecule has 2 aromatic heterocycles. The van der Waals surface area contributed by atoms with Crippen molar-refractivity contribution in [2.24, 2.45) is 5.73 Å². The molecule has 3 rings (SSSR count). The van der Waals surface area contributed by atoms with E-state index in [4.69, 9.17) is 5.73 Å². The van der Waals surface area contributed by atoms with Crippen LogP contribution in [-0.4, -0.2) is 21.1 Å². The van der Waals surface area contributed by atoms with E-state index in [0.717, 1.165) is 33.5 Å². The fraction of sp³-hybridized carbons (Fsp3) is 0.143. The molecule has 2 heterocycles. The van der Waals surface area contributed by atoms with Crippen LogP contribution in [0.25, 0.3) is 16.9 Å². The van der Waals surface area contributed by atoms with Gasteiger partial charge in [0.15, 0.2) is 5.65 Å². The Morgan fingerprint density at radius 3 is 2.79 bits per heavy atom. The molecule has 0 fully saturated rings. The lowest BCUT2D eigenvalue weighted by atomic mass is 10.1. The van der Waals surface area contributed by atoms with Crippen molar-refractivity contribution >= 4 is 21.6 Å². The second-order valence-corrected chi connectivity index (χ2v) is 5.11. The van der Waals surface area contributed by atoms with Gasteiger partial charge in [-0.25, -0.2) is 9.50 Å². The van der Waals surface area contributed by atoms with Crippen molar-refractivity contribution in [3.05, 3.63) is 52.8 Å². The van der Waals surface area contributed by atoms with E-state index in [0.29, 0.717) is 6.54 Å². The van der Waals surface area contributed by atoms with Gasteiger partial charge in [-0.2, -0.15) is 5.10 Å². The molecule has 19 heavy (non-hydrogen) atoms. The number of nitrogens with zero attached hydrogens (tertiary/aromatic N) is 3. The second kappa shape index (κ2) is 5.11. The third-order valence-electron chi connectivity index (χ3n) is 2.98. The molecule has 0 radical (unpaired) electrons. The molecular formula is C14H13BrN4. The highest BCUT2D eigenvalue weighted by atomic mass is 79.9. The Balaban J connectivity index is 2.15. The van der Waals surface area contributed by atoms with Crippen molar-refractivity contribution in [2.75, 3.05) is 6.54 Å². The van der Waals surface area contributed by atoms with Gasteiger partial charge in [0.25, 0.3) is 0 Å². The van der Waals surface area contributed by atoms with E-state index in [2.05, 4.69) is 26.0 Å². The summed E-state index contributed by atoms with van der Waals surface area (Å²) in [5.74, 6) is 0. The fourth-order valence-electron chi connectivity index (χ4n) is 2.05. The number of hydrogen-bond donors (Lipinski definition) is 1. The van der Waals surface area contributed by atoms with E-state index < -0.39 is 0 Å². The molecule has 0 aliphatic heterocycles. The first-order valence-electron chi connectivity index (χ1n) is 6.08. The summed E-state index contributed by atoms with van der Waals surface area (Å²) in [4.78, 5) is 4.33. The van der Waals surface area contributed by atoms with Gasteiger partial charge < -0.3 is 5.73 Å². The maximum Gasteiger partial charge on any atom is 0.153 e. The maximum absolute atomic E-state index is 5.61. The summed E-state index contributed by atoms with van der Waals surface area (Å²) in [6.45, 7) is 0.592. The van der Waals surface area contributed by atoms with Gasteiger partial charge in [0.05, 0.1) is 17.6 Å². The van der Waals surface area contributed by atoms with Crippen molar-refractivity contribution in [1.29, 1.82) is 0 Å². The highest BCUT2D eigenvalue weighted by molar-refractivity contribution is 9.10. The number of fused-ring (bicyclic) bond motifs is 1. The molecule has 0 amide bonds. The SMILES string of the molecule is NCCc1cnc2ccc(-c3ccccc3Br)nn12. The zero-order chi connectivity index (χ0) is 13.2. The van der Waals surface area contributed by atoms with Crippen molar-refractivity contribution in [3.8, 4) is 11.3 Å². The average molecular weight is 317 g/mol. The summed E-state index contributed by atoms with van der Waals surface area (Å²) in [6.07, 6.45) is 2.60. The number of nitrogens with two attached hydrogens (primary N) is 1. The Kier molecular flexibility index (Phi) is 3.31. The molecule has 2 N–H and O–H groups in total. The molecule has 0 unspecified atom stereocenters. The molecule has 0 saturated heterocycles. The summed E-state index contributed by atoms with van der Waals surface area (Å²) in [6, 6.07) is 12.0. The lowest BCUT2D eigenvalue weighted by Gasteiger charge is -2.05. The van der Waals surface area contributed by atoms with E-state index in [1.807, 2.05) is 47.1 Å². The molecule has 1 aromatic carbocycles. The zero-order valence-corrected chi connectivity index (χ0v) is 11.8. The molecule has 3 aromatic rings.